The molecule has 0 aromatic heterocycles. The summed E-state index contributed by atoms with van der Waals surface area (Å²) in [5.41, 5.74) is -0.573. The molecule has 0 fully saturated rings. The first-order valence-electron chi connectivity index (χ1n) is 7.58. The fourth-order valence-corrected chi connectivity index (χ4v) is 2.13. The summed E-state index contributed by atoms with van der Waals surface area (Å²) in [4.78, 5) is 12.1. The summed E-state index contributed by atoms with van der Waals surface area (Å²) in [5, 5.41) is 2.55. The molecule has 2 aromatic rings. The smallest absolute Gasteiger partial charge is 0.417 e. The molecule has 0 heterocycles. The average molecular weight is 347 g/mol. The van der Waals surface area contributed by atoms with E-state index in [1.165, 1.54) is 18.2 Å². The standard InChI is InChI=1S/C19H16F3NO2/c1-2-25-17-12-6-4-10-15(17)18(24)23-13-7-9-14-8-3-5-11-16(14)19(20,21)22/h3-6,8,10-12H,2,13H2,1H3,(H,23,24). The Hall–Kier alpha value is -2.94. The van der Waals surface area contributed by atoms with Gasteiger partial charge in [0.05, 0.1) is 24.3 Å². The zero-order chi connectivity index (χ0) is 18.3. The van der Waals surface area contributed by atoms with E-state index >= 15 is 0 Å². The van der Waals surface area contributed by atoms with Gasteiger partial charge in [0.15, 0.2) is 0 Å². The Morgan fingerprint density at radius 1 is 1.12 bits per heavy atom. The predicted octanol–water partition coefficient (Wildman–Crippen LogP) is 3.89. The maximum Gasteiger partial charge on any atom is 0.417 e. The molecule has 3 nitrogen and oxygen atoms in total. The number of amides is 1. The molecular weight excluding hydrogens is 331 g/mol. The number of hydrogen-bond donors (Lipinski definition) is 1. The first-order chi connectivity index (χ1) is 11.9. The van der Waals surface area contributed by atoms with Gasteiger partial charge in [-0.25, -0.2) is 0 Å². The van der Waals surface area contributed by atoms with Gasteiger partial charge in [0.25, 0.3) is 5.91 Å². The van der Waals surface area contributed by atoms with Crippen LogP contribution in [0.4, 0.5) is 13.2 Å². The van der Waals surface area contributed by atoms with E-state index in [-0.39, 0.29) is 12.1 Å². The summed E-state index contributed by atoms with van der Waals surface area (Å²) >= 11 is 0. The average Bonchev–Trinajstić information content (AvgIpc) is 2.59. The number of hydrogen-bond acceptors (Lipinski definition) is 2. The van der Waals surface area contributed by atoms with Crippen LogP contribution in [0, 0.1) is 11.8 Å². The second-order valence-electron chi connectivity index (χ2n) is 4.96. The summed E-state index contributed by atoms with van der Waals surface area (Å²) in [6.45, 7) is 2.14. The lowest BCUT2D eigenvalue weighted by atomic mass is 10.1. The number of carbonyl (C=O) groups is 1. The highest BCUT2D eigenvalue weighted by Crippen LogP contribution is 2.31. The van der Waals surface area contributed by atoms with Crippen LogP contribution in [-0.2, 0) is 6.18 Å². The van der Waals surface area contributed by atoms with Crippen molar-refractivity contribution >= 4 is 5.91 Å². The first-order valence-corrected chi connectivity index (χ1v) is 7.58. The van der Waals surface area contributed by atoms with E-state index in [0.29, 0.717) is 17.9 Å². The number of rotatable bonds is 4. The van der Waals surface area contributed by atoms with Crippen LogP contribution < -0.4 is 10.1 Å². The summed E-state index contributed by atoms with van der Waals surface area (Å²) in [7, 11) is 0. The first kappa shape index (κ1) is 18.4. The maximum absolute atomic E-state index is 12.9. The van der Waals surface area contributed by atoms with Crippen molar-refractivity contribution in [2.45, 2.75) is 13.1 Å². The van der Waals surface area contributed by atoms with E-state index in [0.717, 1.165) is 6.07 Å². The van der Waals surface area contributed by atoms with Crippen LogP contribution in [-0.4, -0.2) is 19.1 Å². The SMILES string of the molecule is CCOc1ccccc1C(=O)NCC#Cc1ccccc1C(F)(F)F. The third kappa shape index (κ3) is 5.01. The van der Waals surface area contributed by atoms with Crippen molar-refractivity contribution in [2.24, 2.45) is 0 Å². The second-order valence-corrected chi connectivity index (χ2v) is 4.96. The third-order valence-corrected chi connectivity index (χ3v) is 3.22. The fraction of sp³-hybridized carbons (Fsp3) is 0.211. The Morgan fingerprint density at radius 2 is 1.80 bits per heavy atom. The van der Waals surface area contributed by atoms with Crippen molar-refractivity contribution in [3.05, 3.63) is 65.2 Å². The van der Waals surface area contributed by atoms with Crippen LogP contribution in [0.5, 0.6) is 5.75 Å². The molecular formula is C19H16F3NO2. The monoisotopic (exact) mass is 347 g/mol. The van der Waals surface area contributed by atoms with Crippen molar-refractivity contribution in [3.8, 4) is 17.6 Å². The number of ether oxygens (including phenoxy) is 1. The lowest BCUT2D eigenvalue weighted by Gasteiger charge is -2.09. The van der Waals surface area contributed by atoms with E-state index in [9.17, 15) is 18.0 Å². The predicted molar refractivity (Wildman–Crippen MR) is 88.3 cm³/mol. The molecule has 2 rings (SSSR count). The van der Waals surface area contributed by atoms with Crippen molar-refractivity contribution < 1.29 is 22.7 Å². The molecule has 0 spiro atoms. The molecule has 0 aliphatic heterocycles. The Balaban J connectivity index is 2.06. The molecule has 130 valence electrons. The van der Waals surface area contributed by atoms with E-state index in [1.807, 2.05) is 0 Å². The van der Waals surface area contributed by atoms with Crippen LogP contribution >= 0.6 is 0 Å². The van der Waals surface area contributed by atoms with Crippen molar-refractivity contribution in [1.29, 1.82) is 0 Å². The molecule has 0 aliphatic carbocycles. The van der Waals surface area contributed by atoms with Gasteiger partial charge in [0.1, 0.15) is 5.75 Å². The number of alkyl halides is 3. The van der Waals surface area contributed by atoms with Crippen LogP contribution in [0.2, 0.25) is 0 Å². The van der Waals surface area contributed by atoms with Gasteiger partial charge < -0.3 is 10.1 Å². The minimum atomic E-state index is -4.47. The molecule has 25 heavy (non-hydrogen) atoms. The van der Waals surface area contributed by atoms with Crippen molar-refractivity contribution in [3.63, 3.8) is 0 Å². The lowest BCUT2D eigenvalue weighted by molar-refractivity contribution is -0.137. The van der Waals surface area contributed by atoms with Crippen LogP contribution in [0.15, 0.2) is 48.5 Å². The molecule has 0 atom stereocenters. The zero-order valence-electron chi connectivity index (χ0n) is 13.5. The summed E-state index contributed by atoms with van der Waals surface area (Å²) in [6.07, 6.45) is -4.47. The molecule has 1 amide bonds. The number of carbonyl (C=O) groups excluding carboxylic acids is 1. The molecule has 0 saturated heterocycles. The van der Waals surface area contributed by atoms with E-state index < -0.39 is 17.6 Å². The molecule has 0 unspecified atom stereocenters. The quantitative estimate of drug-likeness (QED) is 0.853. The number of halogens is 3. The van der Waals surface area contributed by atoms with Gasteiger partial charge in [-0.1, -0.05) is 36.1 Å². The Morgan fingerprint density at radius 3 is 2.52 bits per heavy atom. The summed E-state index contributed by atoms with van der Waals surface area (Å²) in [5.74, 6) is 5.04. The molecule has 6 heteroatoms. The Labute approximate surface area is 143 Å². The van der Waals surface area contributed by atoms with E-state index in [1.54, 1.807) is 31.2 Å². The number of para-hydroxylation sites is 1. The van der Waals surface area contributed by atoms with Gasteiger partial charge in [-0.05, 0) is 31.2 Å². The zero-order valence-corrected chi connectivity index (χ0v) is 13.5. The number of nitrogens with one attached hydrogen (secondary N) is 1. The Kier molecular flexibility index (Phi) is 6.07. The van der Waals surface area contributed by atoms with Gasteiger partial charge in [0, 0.05) is 5.56 Å². The second kappa shape index (κ2) is 8.25. The van der Waals surface area contributed by atoms with Crippen LogP contribution in [0.3, 0.4) is 0 Å². The molecule has 0 bridgehead atoms. The van der Waals surface area contributed by atoms with Gasteiger partial charge in [-0.2, -0.15) is 13.2 Å². The van der Waals surface area contributed by atoms with Gasteiger partial charge in [-0.3, -0.25) is 4.79 Å². The number of benzene rings is 2. The lowest BCUT2D eigenvalue weighted by Crippen LogP contribution is -2.24. The minimum absolute atomic E-state index is 0.0779. The maximum atomic E-state index is 12.9. The van der Waals surface area contributed by atoms with Crippen molar-refractivity contribution in [2.75, 3.05) is 13.2 Å². The van der Waals surface area contributed by atoms with Gasteiger partial charge in [-0.15, -0.1) is 0 Å². The van der Waals surface area contributed by atoms with Crippen LogP contribution in [0.25, 0.3) is 0 Å². The highest BCUT2D eigenvalue weighted by atomic mass is 19.4. The molecule has 0 saturated carbocycles. The molecule has 1 N–H and O–H groups in total. The van der Waals surface area contributed by atoms with Gasteiger partial charge >= 0.3 is 6.18 Å². The summed E-state index contributed by atoms with van der Waals surface area (Å²) in [6, 6.07) is 11.8. The Bertz CT molecular complexity index is 804. The van der Waals surface area contributed by atoms with Crippen LogP contribution in [0.1, 0.15) is 28.4 Å². The third-order valence-electron chi connectivity index (χ3n) is 3.22. The van der Waals surface area contributed by atoms with E-state index in [2.05, 4.69) is 17.2 Å². The van der Waals surface area contributed by atoms with Gasteiger partial charge in [0.2, 0.25) is 0 Å². The fourth-order valence-electron chi connectivity index (χ4n) is 2.13. The summed E-state index contributed by atoms with van der Waals surface area (Å²) < 4.78 is 44.0. The molecule has 0 aliphatic rings. The normalized spacial score (nSPS) is 10.6. The topological polar surface area (TPSA) is 38.3 Å². The molecule has 2 aromatic carbocycles. The highest BCUT2D eigenvalue weighted by molar-refractivity contribution is 5.97. The highest BCUT2D eigenvalue weighted by Gasteiger charge is 2.32. The van der Waals surface area contributed by atoms with E-state index in [4.69, 9.17) is 4.74 Å². The van der Waals surface area contributed by atoms with Crippen molar-refractivity contribution in [1.82, 2.24) is 5.32 Å². The molecule has 0 radical (unpaired) electrons. The largest absolute Gasteiger partial charge is 0.493 e. The minimum Gasteiger partial charge on any atom is -0.493 e.